The molecule has 0 fully saturated rings. The number of carbonyl (C=O) groups is 1. The first kappa shape index (κ1) is 16.1. The summed E-state index contributed by atoms with van der Waals surface area (Å²) in [6.07, 6.45) is 0.111. The molecule has 0 aliphatic carbocycles. The number of carboxylic acid groups (broad SMARTS) is 1. The molecule has 0 aromatic carbocycles. The summed E-state index contributed by atoms with van der Waals surface area (Å²) in [5, 5.41) is 9.26. The molecule has 0 amide bonds. The van der Waals surface area contributed by atoms with E-state index >= 15 is 0 Å². The summed E-state index contributed by atoms with van der Waals surface area (Å²) < 4.78 is 0. The van der Waals surface area contributed by atoms with Crippen LogP contribution in [-0.2, 0) is 4.79 Å². The molecule has 30 valence electrons. The molecule has 0 aromatic heterocycles. The van der Waals surface area contributed by atoms with Crippen molar-refractivity contribution in [1.29, 1.82) is 0 Å². The Kier molecular flexibility index (Phi) is 25.5. The predicted molar refractivity (Wildman–Crippen MR) is 26.8 cm³/mol. The Morgan fingerprint density at radius 2 is 1.86 bits per heavy atom. The van der Waals surface area contributed by atoms with Gasteiger partial charge in [-0.15, -0.1) is 0 Å². The Balaban J connectivity index is -0.0000000800. The zero-order valence-corrected chi connectivity index (χ0v) is 10.1. The minimum Gasteiger partial charge on any atom is -0.550 e. The quantitative estimate of drug-likeness (QED) is 0.478. The van der Waals surface area contributed by atoms with E-state index < -0.39 is 5.97 Å². The average Bonchev–Trinajstić information content (AvgIpc) is 1.38. The van der Waals surface area contributed by atoms with Crippen LogP contribution in [0.25, 0.3) is 0 Å². The average molecular weight is 201 g/mol. The van der Waals surface area contributed by atoms with Gasteiger partial charge in [-0.1, -0.05) is 6.92 Å². The molecule has 0 saturated heterocycles. The van der Waals surface area contributed by atoms with Gasteiger partial charge in [0.05, 0.1) is 0 Å². The van der Waals surface area contributed by atoms with Gasteiger partial charge in [-0.3, -0.25) is 0 Å². The first-order valence-corrected chi connectivity index (χ1v) is 1.47. The van der Waals surface area contributed by atoms with Crippen LogP contribution in [0.5, 0.6) is 0 Å². The van der Waals surface area contributed by atoms with Crippen LogP contribution in [0, 0.1) is 0 Å². The number of carbonyl (C=O) groups excluding carboxylic acids is 1. The molecule has 4 heteroatoms. The van der Waals surface area contributed by atoms with Gasteiger partial charge in [0.1, 0.15) is 0 Å². The van der Waals surface area contributed by atoms with E-state index in [1.54, 1.807) is 0 Å². The molecule has 0 bridgehead atoms. The second kappa shape index (κ2) is 11.1. The van der Waals surface area contributed by atoms with Crippen molar-refractivity contribution in [3.8, 4) is 0 Å². The smallest absolute Gasteiger partial charge is 0.550 e. The van der Waals surface area contributed by atoms with E-state index in [0.29, 0.717) is 0 Å². The van der Waals surface area contributed by atoms with Gasteiger partial charge in [0.15, 0.2) is 0 Å². The monoisotopic (exact) mass is 201 g/mol. The molecule has 0 aromatic rings. The van der Waals surface area contributed by atoms with Crippen molar-refractivity contribution in [2.24, 2.45) is 0 Å². The van der Waals surface area contributed by atoms with Crippen molar-refractivity contribution in [2.45, 2.75) is 13.3 Å². The molecule has 0 aliphatic heterocycles. The van der Waals surface area contributed by atoms with Crippen LogP contribution in [0.3, 0.4) is 0 Å². The van der Waals surface area contributed by atoms with E-state index in [-0.39, 0.29) is 89.6 Å². The summed E-state index contributed by atoms with van der Waals surface area (Å²) in [7, 11) is 0. The van der Waals surface area contributed by atoms with E-state index in [0.717, 1.165) is 0 Å². The number of aliphatic carboxylic acids is 1. The molecule has 0 heterocycles. The van der Waals surface area contributed by atoms with Crippen molar-refractivity contribution in [3.63, 3.8) is 0 Å². The SMILES string of the molecule is CCC(=O)[O-].[Ca+2].[Sr+2]. The van der Waals surface area contributed by atoms with Crippen molar-refractivity contribution in [1.82, 2.24) is 0 Å². The third-order valence-corrected chi connectivity index (χ3v) is 0.289. The zero-order chi connectivity index (χ0) is 4.28. The molecule has 2 nitrogen and oxygen atoms in total. The number of hydrogen-bond acceptors (Lipinski definition) is 2. The summed E-state index contributed by atoms with van der Waals surface area (Å²) in [6.45, 7) is 1.54. The first-order chi connectivity index (χ1) is 2.27. The maximum Gasteiger partial charge on any atom is 2.00 e. The molecule has 0 saturated carbocycles. The molecule has 0 radical (unpaired) electrons. The molecule has 0 aliphatic rings. The fourth-order valence-corrected chi connectivity index (χ4v) is 0. The van der Waals surface area contributed by atoms with Crippen LogP contribution in [0.15, 0.2) is 0 Å². The van der Waals surface area contributed by atoms with Gasteiger partial charge in [0.2, 0.25) is 0 Å². The topological polar surface area (TPSA) is 40.1 Å². The third kappa shape index (κ3) is 17.9. The Hall–Kier alpha value is 2.21. The second-order valence-corrected chi connectivity index (χ2v) is 0.726. The maximum atomic E-state index is 9.26. The molecule has 0 N–H and O–H groups in total. The van der Waals surface area contributed by atoms with Gasteiger partial charge in [0.25, 0.3) is 0 Å². The Bertz CT molecular complexity index is 48.2. The molecule has 0 rings (SSSR count). The molecule has 0 unspecified atom stereocenters. The fraction of sp³-hybridized carbons (Fsp3) is 0.667. The minimum atomic E-state index is -0.995. The van der Waals surface area contributed by atoms with Gasteiger partial charge in [-0.05, 0) is 6.42 Å². The van der Waals surface area contributed by atoms with E-state index in [1.807, 2.05) is 0 Å². The molecular formula is C3H5CaO2Sr+3. The van der Waals surface area contributed by atoms with Crippen molar-refractivity contribution >= 4 is 89.2 Å². The first-order valence-electron chi connectivity index (χ1n) is 1.47. The van der Waals surface area contributed by atoms with Crippen LogP contribution in [0.4, 0.5) is 0 Å². The van der Waals surface area contributed by atoms with Crippen LogP contribution >= 0.6 is 0 Å². The third-order valence-electron chi connectivity index (χ3n) is 0.289. The Morgan fingerprint density at radius 3 is 1.86 bits per heavy atom. The number of rotatable bonds is 1. The van der Waals surface area contributed by atoms with Crippen molar-refractivity contribution < 1.29 is 9.90 Å². The number of carboxylic acids is 1. The normalized spacial score (nSPS) is 5.29. The fourth-order valence-electron chi connectivity index (χ4n) is 0. The number of hydrogen-bond donors (Lipinski definition) is 0. The van der Waals surface area contributed by atoms with Gasteiger partial charge in [0, 0.05) is 5.97 Å². The van der Waals surface area contributed by atoms with Crippen LogP contribution in [0.1, 0.15) is 13.3 Å². The van der Waals surface area contributed by atoms with Crippen LogP contribution in [-0.4, -0.2) is 89.2 Å². The summed E-state index contributed by atoms with van der Waals surface area (Å²) in [4.78, 5) is 9.26. The maximum absolute atomic E-state index is 9.26. The van der Waals surface area contributed by atoms with Crippen LogP contribution < -0.4 is 5.11 Å². The van der Waals surface area contributed by atoms with Crippen LogP contribution in [0.2, 0.25) is 0 Å². The minimum absolute atomic E-state index is 0. The Labute approximate surface area is 110 Å². The van der Waals surface area contributed by atoms with Gasteiger partial charge >= 0.3 is 83.2 Å². The summed E-state index contributed by atoms with van der Waals surface area (Å²) >= 11 is 0. The van der Waals surface area contributed by atoms with Gasteiger partial charge < -0.3 is 9.90 Å². The van der Waals surface area contributed by atoms with Gasteiger partial charge in [-0.2, -0.15) is 0 Å². The zero-order valence-electron chi connectivity index (χ0n) is 4.44. The molecular weight excluding hydrogens is 196 g/mol. The van der Waals surface area contributed by atoms with E-state index in [2.05, 4.69) is 0 Å². The molecule has 0 spiro atoms. The van der Waals surface area contributed by atoms with Gasteiger partial charge in [-0.25, -0.2) is 0 Å². The molecule has 7 heavy (non-hydrogen) atoms. The summed E-state index contributed by atoms with van der Waals surface area (Å²) in [6, 6.07) is 0. The standard InChI is InChI=1S/C3H6O2.Ca.Sr/c1-2-3(4)5;;/h2H2,1H3,(H,4,5);;/q;2*+2/p-1. The summed E-state index contributed by atoms with van der Waals surface area (Å²) in [5.41, 5.74) is 0. The van der Waals surface area contributed by atoms with Crippen molar-refractivity contribution in [3.05, 3.63) is 0 Å². The summed E-state index contributed by atoms with van der Waals surface area (Å²) in [5.74, 6) is -0.995. The van der Waals surface area contributed by atoms with E-state index in [1.165, 1.54) is 6.92 Å². The van der Waals surface area contributed by atoms with Crippen molar-refractivity contribution in [2.75, 3.05) is 0 Å². The molecule has 0 atom stereocenters. The van der Waals surface area contributed by atoms with E-state index in [9.17, 15) is 9.90 Å². The predicted octanol–water partition coefficient (Wildman–Crippen LogP) is -1.62. The largest absolute Gasteiger partial charge is 2.00 e. The second-order valence-electron chi connectivity index (χ2n) is 0.726. The Morgan fingerprint density at radius 1 is 1.71 bits per heavy atom. The van der Waals surface area contributed by atoms with E-state index in [4.69, 9.17) is 0 Å².